The summed E-state index contributed by atoms with van der Waals surface area (Å²) in [7, 11) is 0. The van der Waals surface area contributed by atoms with E-state index in [-0.39, 0.29) is 24.8 Å². The van der Waals surface area contributed by atoms with E-state index in [1.165, 1.54) is 32.7 Å². The second-order valence-corrected chi connectivity index (χ2v) is 8.47. The largest absolute Gasteiger partial charge is 1.00 e. The van der Waals surface area contributed by atoms with Crippen LogP contribution in [0.2, 0.25) is 0 Å². The third-order valence-electron chi connectivity index (χ3n) is 5.09. The Bertz CT molecular complexity index is 1070. The van der Waals surface area contributed by atoms with Crippen molar-refractivity contribution in [1.29, 1.82) is 0 Å². The molecule has 0 bridgehead atoms. The van der Waals surface area contributed by atoms with Gasteiger partial charge in [-0.1, -0.05) is 0 Å². The van der Waals surface area contributed by atoms with Gasteiger partial charge in [0.15, 0.2) is 0 Å². The Morgan fingerprint density at radius 1 is 0.517 bits per heavy atom. The van der Waals surface area contributed by atoms with Crippen LogP contribution in [0.1, 0.15) is 22.3 Å². The zero-order valence-electron chi connectivity index (χ0n) is 16.8. The van der Waals surface area contributed by atoms with E-state index in [4.69, 9.17) is 5.63 Å². The fourth-order valence-electron chi connectivity index (χ4n) is 3.62. The molecule has 0 atom stereocenters. The van der Waals surface area contributed by atoms with Crippen LogP contribution in [0.4, 0.5) is 0 Å². The predicted octanol–water partition coefficient (Wildman–Crippen LogP) is 0.605. The van der Waals surface area contributed by atoms with Crippen LogP contribution in [0.5, 0.6) is 11.5 Å². The summed E-state index contributed by atoms with van der Waals surface area (Å²) in [5.74, 6) is 1.96. The van der Waals surface area contributed by atoms with E-state index in [9.17, 15) is 0 Å². The first-order chi connectivity index (χ1) is 13.1. The summed E-state index contributed by atoms with van der Waals surface area (Å²) in [6.45, 7) is 8.49. The molecule has 4 aromatic rings. The van der Waals surface area contributed by atoms with Crippen molar-refractivity contribution in [2.75, 3.05) is 0 Å². The van der Waals surface area contributed by atoms with Crippen molar-refractivity contribution in [3.63, 3.8) is 0 Å². The van der Waals surface area contributed by atoms with E-state index in [2.05, 4.69) is 88.4 Å². The zero-order chi connectivity index (χ0) is 19.0. The molecule has 4 aromatic carbocycles. The summed E-state index contributed by atoms with van der Waals surface area (Å²) in [4.78, 5) is 0. The first kappa shape index (κ1) is 23.7. The Morgan fingerprint density at radius 3 is 1.34 bits per heavy atom. The standard InChI is InChI=1S/2C12H12O.2ClH.Zr/c2*1-8-4-3-5-10-7-6-9(2)12(13)11(8)10;;;/h2*3-7,13H,1-2H3;2*1H;/q;;;;+4/p-4. The SMILES string of the molecule is Cc1ccc2cccc(C)c2c1[O][Zr+2][O]c1c(C)ccc2cccc(C)c12.[Cl-].[Cl-]. The minimum Gasteiger partial charge on any atom is -1.00 e. The molecule has 0 radical (unpaired) electrons. The average Bonchev–Trinajstić information content (AvgIpc) is 2.65. The molecule has 0 saturated carbocycles. The van der Waals surface area contributed by atoms with Crippen molar-refractivity contribution in [2.24, 2.45) is 0 Å². The fourth-order valence-corrected chi connectivity index (χ4v) is 5.43. The molecule has 0 fully saturated rings. The number of aryl methyl sites for hydroxylation is 4. The van der Waals surface area contributed by atoms with Crippen LogP contribution in [0.15, 0.2) is 60.7 Å². The molecule has 148 valence electrons. The number of halogens is 2. The maximum atomic E-state index is 6.33. The van der Waals surface area contributed by atoms with Crippen molar-refractivity contribution < 1.29 is 54.6 Å². The summed E-state index contributed by atoms with van der Waals surface area (Å²) < 4.78 is 12.7. The minimum absolute atomic E-state index is 0. The molecule has 0 heterocycles. The quantitative estimate of drug-likeness (QED) is 0.406. The molecule has 29 heavy (non-hydrogen) atoms. The minimum atomic E-state index is -1.55. The topological polar surface area (TPSA) is 18.5 Å². The van der Waals surface area contributed by atoms with Crippen LogP contribution < -0.4 is 30.4 Å². The maximum absolute atomic E-state index is 6.33. The van der Waals surface area contributed by atoms with Crippen LogP contribution in [0.25, 0.3) is 21.5 Å². The summed E-state index contributed by atoms with van der Waals surface area (Å²) in [5.41, 5.74) is 4.80. The van der Waals surface area contributed by atoms with E-state index < -0.39 is 24.1 Å². The molecule has 2 nitrogen and oxygen atoms in total. The third kappa shape index (κ3) is 4.63. The van der Waals surface area contributed by atoms with Gasteiger partial charge in [-0.3, -0.25) is 0 Å². The summed E-state index contributed by atoms with van der Waals surface area (Å²) in [5, 5.41) is 4.83. The number of rotatable bonds is 4. The number of hydrogen-bond acceptors (Lipinski definition) is 2. The molecule has 0 spiro atoms. The van der Waals surface area contributed by atoms with Gasteiger partial charge in [-0.25, -0.2) is 0 Å². The van der Waals surface area contributed by atoms with Gasteiger partial charge in [-0.2, -0.15) is 0 Å². The number of hydrogen-bond donors (Lipinski definition) is 0. The van der Waals surface area contributed by atoms with Crippen LogP contribution in [-0.4, -0.2) is 0 Å². The Morgan fingerprint density at radius 2 is 0.931 bits per heavy atom. The normalized spacial score (nSPS) is 10.1. The molecule has 5 heteroatoms. The second kappa shape index (κ2) is 9.98. The van der Waals surface area contributed by atoms with E-state index in [1.54, 1.807) is 0 Å². The Balaban J connectivity index is 0.00000150. The summed E-state index contributed by atoms with van der Waals surface area (Å²) >= 11 is -1.55. The fraction of sp³-hybridized carbons (Fsp3) is 0.167. The van der Waals surface area contributed by atoms with Gasteiger partial charge < -0.3 is 24.8 Å². The molecule has 0 saturated heterocycles. The van der Waals surface area contributed by atoms with Gasteiger partial charge in [0.2, 0.25) is 0 Å². The van der Waals surface area contributed by atoms with Crippen molar-refractivity contribution in [1.82, 2.24) is 0 Å². The van der Waals surface area contributed by atoms with Gasteiger partial charge in [0, 0.05) is 0 Å². The molecule has 0 aromatic heterocycles. The van der Waals surface area contributed by atoms with E-state index in [0.717, 1.165) is 22.6 Å². The second-order valence-electron chi connectivity index (χ2n) is 7.06. The van der Waals surface area contributed by atoms with Crippen LogP contribution in [0.3, 0.4) is 0 Å². The van der Waals surface area contributed by atoms with Gasteiger partial charge in [0.25, 0.3) is 0 Å². The Labute approximate surface area is 197 Å². The molecule has 0 unspecified atom stereocenters. The molecule has 4 rings (SSSR count). The Hall–Kier alpha value is -1.54. The Kier molecular flexibility index (Phi) is 8.17. The van der Waals surface area contributed by atoms with E-state index in [0.29, 0.717) is 0 Å². The monoisotopic (exact) mass is 502 g/mol. The van der Waals surface area contributed by atoms with E-state index >= 15 is 0 Å². The van der Waals surface area contributed by atoms with Crippen LogP contribution >= 0.6 is 0 Å². The van der Waals surface area contributed by atoms with Crippen LogP contribution in [-0.2, 0) is 24.1 Å². The molecular weight excluding hydrogens is 482 g/mol. The number of benzene rings is 4. The smallest absolute Gasteiger partial charge is 1.00 e. The van der Waals surface area contributed by atoms with Crippen molar-refractivity contribution in [3.05, 3.63) is 82.9 Å². The molecule has 0 aliphatic heterocycles. The summed E-state index contributed by atoms with van der Waals surface area (Å²) in [6, 6.07) is 21.3. The van der Waals surface area contributed by atoms with Crippen molar-refractivity contribution in [3.8, 4) is 11.5 Å². The third-order valence-corrected chi connectivity index (χ3v) is 6.51. The van der Waals surface area contributed by atoms with Crippen molar-refractivity contribution in [2.45, 2.75) is 27.7 Å². The van der Waals surface area contributed by atoms with Gasteiger partial charge in [0.05, 0.1) is 0 Å². The van der Waals surface area contributed by atoms with E-state index in [1.807, 2.05) is 0 Å². The maximum Gasteiger partial charge on any atom is -1.00 e. The predicted molar refractivity (Wildman–Crippen MR) is 108 cm³/mol. The first-order valence-corrected chi connectivity index (χ1v) is 11.1. The first-order valence-electron chi connectivity index (χ1n) is 9.13. The molecule has 0 N–H and O–H groups in total. The van der Waals surface area contributed by atoms with Gasteiger partial charge in [-0.15, -0.1) is 0 Å². The van der Waals surface area contributed by atoms with Crippen molar-refractivity contribution >= 4 is 21.5 Å². The molecule has 0 aliphatic carbocycles. The molecule has 0 aliphatic rings. The zero-order valence-corrected chi connectivity index (χ0v) is 20.8. The van der Waals surface area contributed by atoms with Gasteiger partial charge in [-0.05, 0) is 0 Å². The molecule has 0 amide bonds. The number of fused-ring (bicyclic) bond motifs is 2. The molecular formula is C24H22Cl2O2Zr. The van der Waals surface area contributed by atoms with Gasteiger partial charge in [0.1, 0.15) is 0 Å². The average molecular weight is 505 g/mol. The van der Waals surface area contributed by atoms with Crippen LogP contribution in [0, 0.1) is 27.7 Å². The van der Waals surface area contributed by atoms with Gasteiger partial charge >= 0.3 is 173 Å². The summed E-state index contributed by atoms with van der Waals surface area (Å²) in [6.07, 6.45) is 0.